The maximum absolute atomic E-state index is 12.0. The van der Waals surface area contributed by atoms with Crippen LogP contribution in [0.2, 0.25) is 5.02 Å². The third-order valence-electron chi connectivity index (χ3n) is 4.72. The maximum atomic E-state index is 12.0. The number of hydrogen-bond acceptors (Lipinski definition) is 4. The Bertz CT molecular complexity index is 594. The Kier molecular flexibility index (Phi) is 5.85. The van der Waals surface area contributed by atoms with E-state index >= 15 is 0 Å². The van der Waals surface area contributed by atoms with Crippen LogP contribution < -0.4 is 14.8 Å². The quantitative estimate of drug-likeness (QED) is 0.729. The van der Waals surface area contributed by atoms with Crippen LogP contribution in [0.4, 0.5) is 0 Å². The Morgan fingerprint density at radius 3 is 2.92 bits per heavy atom. The van der Waals surface area contributed by atoms with Crippen LogP contribution in [0.1, 0.15) is 44.6 Å². The maximum Gasteiger partial charge on any atom is 0.231 e. The lowest BCUT2D eigenvalue weighted by Gasteiger charge is -2.25. The zero-order valence-electron chi connectivity index (χ0n) is 14.1. The number of likely N-dealkylation sites (tertiary alicyclic amines) is 1. The number of carbonyl (C=O) groups excluding carboxylic acids is 1. The summed E-state index contributed by atoms with van der Waals surface area (Å²) in [4.78, 5) is 14.0. The van der Waals surface area contributed by atoms with E-state index in [4.69, 9.17) is 21.1 Å². The van der Waals surface area contributed by atoms with Gasteiger partial charge in [0.2, 0.25) is 12.7 Å². The van der Waals surface area contributed by atoms with Crippen molar-refractivity contribution in [1.82, 2.24) is 10.2 Å². The molecule has 1 aromatic rings. The second-order valence-electron chi connectivity index (χ2n) is 6.40. The summed E-state index contributed by atoms with van der Waals surface area (Å²) in [6.45, 7) is 4.86. The van der Waals surface area contributed by atoms with Crippen molar-refractivity contribution in [2.45, 2.75) is 51.6 Å². The minimum atomic E-state index is 0.256. The van der Waals surface area contributed by atoms with Gasteiger partial charge in [0, 0.05) is 36.6 Å². The molecule has 132 valence electrons. The summed E-state index contributed by atoms with van der Waals surface area (Å²) in [5.41, 5.74) is 1.01. The molecular weight excluding hydrogens is 328 g/mol. The zero-order chi connectivity index (χ0) is 16.9. The predicted octanol–water partition coefficient (Wildman–Crippen LogP) is 3.34. The van der Waals surface area contributed by atoms with Crippen molar-refractivity contribution in [2.24, 2.45) is 0 Å². The van der Waals surface area contributed by atoms with Gasteiger partial charge in [0.25, 0.3) is 0 Å². The van der Waals surface area contributed by atoms with Gasteiger partial charge in [0.15, 0.2) is 11.5 Å². The second kappa shape index (κ2) is 8.08. The Balaban J connectivity index is 1.46. The van der Waals surface area contributed by atoms with Crippen molar-refractivity contribution in [2.75, 3.05) is 19.9 Å². The molecule has 0 aliphatic carbocycles. The number of unbranched alkanes of at least 4 members (excludes halogenated alkanes) is 1. The Morgan fingerprint density at radius 2 is 2.12 bits per heavy atom. The number of nitrogens with one attached hydrogen (secondary N) is 1. The van der Waals surface area contributed by atoms with E-state index in [1.807, 2.05) is 12.1 Å². The second-order valence-corrected chi connectivity index (χ2v) is 6.80. The molecule has 0 bridgehead atoms. The molecule has 1 saturated heterocycles. The van der Waals surface area contributed by atoms with Crippen LogP contribution >= 0.6 is 11.6 Å². The third kappa shape index (κ3) is 3.95. The van der Waals surface area contributed by atoms with E-state index in [1.165, 1.54) is 0 Å². The van der Waals surface area contributed by atoms with Crippen LogP contribution in [-0.2, 0) is 11.3 Å². The van der Waals surface area contributed by atoms with E-state index < -0.39 is 0 Å². The molecule has 0 unspecified atom stereocenters. The molecule has 6 heteroatoms. The van der Waals surface area contributed by atoms with Gasteiger partial charge in [-0.25, -0.2) is 0 Å². The molecule has 3 rings (SSSR count). The van der Waals surface area contributed by atoms with Crippen LogP contribution in [0.25, 0.3) is 0 Å². The summed E-state index contributed by atoms with van der Waals surface area (Å²) < 4.78 is 10.7. The van der Waals surface area contributed by atoms with E-state index in [0.29, 0.717) is 35.7 Å². The lowest BCUT2D eigenvalue weighted by molar-refractivity contribution is -0.129. The summed E-state index contributed by atoms with van der Waals surface area (Å²) in [6, 6.07) is 4.12. The lowest BCUT2D eigenvalue weighted by atomic mass is 10.1. The van der Waals surface area contributed by atoms with E-state index in [1.54, 1.807) is 0 Å². The molecular formula is C18H25ClN2O3. The van der Waals surface area contributed by atoms with Crippen LogP contribution in [-0.4, -0.2) is 36.7 Å². The standard InChI is InChI=1S/C18H25ClN2O3/c1-2-3-8-21-14(4-5-18(21)22)6-7-20-11-13-9-16-17(10-15(13)19)24-12-23-16/h9-10,14,20H,2-8,11-12H2,1H3/t14-/m1/s1. The molecule has 0 radical (unpaired) electrons. The molecule has 5 nitrogen and oxygen atoms in total. The first-order chi connectivity index (χ1) is 11.7. The number of ether oxygens (including phenoxy) is 2. The van der Waals surface area contributed by atoms with Gasteiger partial charge in [-0.05, 0) is 37.4 Å². The molecule has 0 saturated carbocycles. The van der Waals surface area contributed by atoms with Gasteiger partial charge >= 0.3 is 0 Å². The first-order valence-electron chi connectivity index (χ1n) is 8.77. The Labute approximate surface area is 148 Å². The monoisotopic (exact) mass is 352 g/mol. The van der Waals surface area contributed by atoms with Crippen molar-refractivity contribution in [1.29, 1.82) is 0 Å². The molecule has 0 spiro atoms. The van der Waals surface area contributed by atoms with Gasteiger partial charge < -0.3 is 19.7 Å². The van der Waals surface area contributed by atoms with Gasteiger partial charge in [0.1, 0.15) is 0 Å². The fourth-order valence-electron chi connectivity index (χ4n) is 3.32. The zero-order valence-corrected chi connectivity index (χ0v) is 14.9. The Morgan fingerprint density at radius 1 is 1.33 bits per heavy atom. The SMILES string of the molecule is CCCCN1C(=O)CC[C@@H]1CCNCc1cc2c(cc1Cl)OCO2. The average Bonchev–Trinajstić information content (AvgIpc) is 3.16. The van der Waals surface area contributed by atoms with Crippen LogP contribution in [0, 0.1) is 0 Å². The van der Waals surface area contributed by atoms with Crippen LogP contribution in [0.15, 0.2) is 12.1 Å². The average molecular weight is 353 g/mol. The summed E-state index contributed by atoms with van der Waals surface area (Å²) in [5, 5.41) is 4.12. The smallest absolute Gasteiger partial charge is 0.231 e. The van der Waals surface area contributed by atoms with Crippen molar-refractivity contribution in [3.8, 4) is 11.5 Å². The first kappa shape index (κ1) is 17.4. The minimum absolute atomic E-state index is 0.256. The van der Waals surface area contributed by atoms with Crippen molar-refractivity contribution >= 4 is 17.5 Å². The fraction of sp³-hybridized carbons (Fsp3) is 0.611. The molecule has 1 amide bonds. The highest BCUT2D eigenvalue weighted by molar-refractivity contribution is 6.31. The molecule has 2 heterocycles. The van der Waals surface area contributed by atoms with Crippen molar-refractivity contribution < 1.29 is 14.3 Å². The lowest BCUT2D eigenvalue weighted by Crippen LogP contribution is -2.35. The highest BCUT2D eigenvalue weighted by Crippen LogP contribution is 2.36. The highest BCUT2D eigenvalue weighted by Gasteiger charge is 2.29. The van der Waals surface area contributed by atoms with Gasteiger partial charge in [-0.2, -0.15) is 0 Å². The first-order valence-corrected chi connectivity index (χ1v) is 9.15. The van der Waals surface area contributed by atoms with Crippen LogP contribution in [0.3, 0.4) is 0 Å². The van der Waals surface area contributed by atoms with E-state index in [9.17, 15) is 4.79 Å². The minimum Gasteiger partial charge on any atom is -0.454 e. The third-order valence-corrected chi connectivity index (χ3v) is 5.07. The summed E-state index contributed by atoms with van der Waals surface area (Å²) in [7, 11) is 0. The van der Waals surface area contributed by atoms with E-state index in [-0.39, 0.29) is 6.79 Å². The number of halogens is 1. The summed E-state index contributed by atoms with van der Waals surface area (Å²) in [6.07, 6.45) is 4.87. The molecule has 2 aliphatic heterocycles. The van der Waals surface area contributed by atoms with Crippen LogP contribution in [0.5, 0.6) is 11.5 Å². The van der Waals surface area contributed by atoms with Gasteiger partial charge in [0.05, 0.1) is 0 Å². The molecule has 1 atom stereocenters. The number of benzene rings is 1. The molecule has 0 aromatic heterocycles. The van der Waals surface area contributed by atoms with Crippen molar-refractivity contribution in [3.05, 3.63) is 22.7 Å². The van der Waals surface area contributed by atoms with Gasteiger partial charge in [-0.3, -0.25) is 4.79 Å². The topological polar surface area (TPSA) is 50.8 Å². The number of rotatable bonds is 8. The molecule has 2 aliphatic rings. The van der Waals surface area contributed by atoms with Gasteiger partial charge in [-0.15, -0.1) is 0 Å². The normalized spacial score (nSPS) is 19.3. The van der Waals surface area contributed by atoms with E-state index in [2.05, 4.69) is 17.1 Å². The Hall–Kier alpha value is -1.46. The van der Waals surface area contributed by atoms with Crippen molar-refractivity contribution in [3.63, 3.8) is 0 Å². The number of nitrogens with zero attached hydrogens (tertiary/aromatic N) is 1. The summed E-state index contributed by atoms with van der Waals surface area (Å²) >= 11 is 6.29. The number of hydrogen-bond donors (Lipinski definition) is 1. The molecule has 1 aromatic carbocycles. The summed E-state index contributed by atoms with van der Waals surface area (Å²) in [5.74, 6) is 1.77. The number of carbonyl (C=O) groups is 1. The largest absolute Gasteiger partial charge is 0.454 e. The number of fused-ring (bicyclic) bond motifs is 1. The predicted molar refractivity (Wildman–Crippen MR) is 93.5 cm³/mol. The highest BCUT2D eigenvalue weighted by atomic mass is 35.5. The molecule has 1 fully saturated rings. The molecule has 1 N–H and O–H groups in total. The van der Waals surface area contributed by atoms with E-state index in [0.717, 1.165) is 50.1 Å². The fourth-order valence-corrected chi connectivity index (χ4v) is 3.54. The molecule has 24 heavy (non-hydrogen) atoms. The number of amides is 1. The van der Waals surface area contributed by atoms with Gasteiger partial charge in [-0.1, -0.05) is 24.9 Å².